The summed E-state index contributed by atoms with van der Waals surface area (Å²) in [5.41, 5.74) is 1.14. The third kappa shape index (κ3) is 5.93. The van der Waals surface area contributed by atoms with Gasteiger partial charge in [0.2, 0.25) is 0 Å². The van der Waals surface area contributed by atoms with Crippen LogP contribution in [0.4, 0.5) is 23.7 Å². The second-order valence-electron chi connectivity index (χ2n) is 6.80. The van der Waals surface area contributed by atoms with Gasteiger partial charge in [-0.15, -0.1) is 0 Å². The lowest BCUT2D eigenvalue weighted by molar-refractivity contribution is -0.137. The molecule has 0 spiro atoms. The molecule has 0 fully saturated rings. The Bertz CT molecular complexity index is 1070. The number of carbonyl (C=O) groups is 1. The van der Waals surface area contributed by atoms with Crippen LogP contribution in [-0.4, -0.2) is 6.09 Å². The molecule has 1 N–H and O–H groups in total. The van der Waals surface area contributed by atoms with Gasteiger partial charge in [-0.3, -0.25) is 5.32 Å². The van der Waals surface area contributed by atoms with Gasteiger partial charge in [0.25, 0.3) is 0 Å². The predicted molar refractivity (Wildman–Crippen MR) is 116 cm³/mol. The Labute approximate surface area is 187 Å². The number of hydrogen-bond acceptors (Lipinski definition) is 2. The second-order valence-corrected chi connectivity index (χ2v) is 7.61. The number of ether oxygens (including phenoxy) is 1. The van der Waals surface area contributed by atoms with Crippen LogP contribution in [0.1, 0.15) is 36.0 Å². The summed E-state index contributed by atoms with van der Waals surface area (Å²) in [5, 5.41) is 3.20. The Morgan fingerprint density at radius 2 is 1.68 bits per heavy atom. The minimum Gasteiger partial charge on any atom is -0.410 e. The molecule has 0 aliphatic carbocycles. The van der Waals surface area contributed by atoms with E-state index in [2.05, 4.69) is 5.32 Å². The lowest BCUT2D eigenvalue weighted by Crippen LogP contribution is -2.16. The summed E-state index contributed by atoms with van der Waals surface area (Å²) < 4.78 is 44.4. The molecule has 0 aromatic heterocycles. The molecule has 3 rings (SSSR count). The number of anilines is 1. The topological polar surface area (TPSA) is 38.3 Å². The van der Waals surface area contributed by atoms with Gasteiger partial charge in [-0.1, -0.05) is 60.5 Å². The first-order valence-corrected chi connectivity index (χ1v) is 10.1. The van der Waals surface area contributed by atoms with E-state index in [0.29, 0.717) is 33.5 Å². The number of amides is 1. The SMILES string of the molecule is CCC(c1ccc(OC(=O)Nc2ccc(Cl)c(Cl)c2)cc1)c1cccc(C(F)(F)F)c1. The van der Waals surface area contributed by atoms with E-state index in [1.54, 1.807) is 42.5 Å². The van der Waals surface area contributed by atoms with Crippen molar-refractivity contribution in [1.29, 1.82) is 0 Å². The Morgan fingerprint density at radius 1 is 0.968 bits per heavy atom. The lowest BCUT2D eigenvalue weighted by Gasteiger charge is -2.18. The van der Waals surface area contributed by atoms with E-state index in [-0.39, 0.29) is 5.92 Å². The normalized spacial score (nSPS) is 12.3. The number of halogens is 5. The van der Waals surface area contributed by atoms with E-state index >= 15 is 0 Å². The van der Waals surface area contributed by atoms with Crippen LogP contribution >= 0.6 is 23.2 Å². The molecule has 0 aliphatic heterocycles. The fourth-order valence-electron chi connectivity index (χ4n) is 3.19. The molecule has 0 saturated heterocycles. The minimum atomic E-state index is -4.40. The van der Waals surface area contributed by atoms with Crippen molar-refractivity contribution in [2.75, 3.05) is 5.32 Å². The molecular weight excluding hydrogens is 450 g/mol. The number of carbonyl (C=O) groups excluding carboxylic acids is 1. The van der Waals surface area contributed by atoms with Gasteiger partial charge in [0.1, 0.15) is 5.75 Å². The zero-order valence-electron chi connectivity index (χ0n) is 16.3. The zero-order chi connectivity index (χ0) is 22.6. The summed E-state index contributed by atoms with van der Waals surface area (Å²) in [4.78, 5) is 12.1. The van der Waals surface area contributed by atoms with Gasteiger partial charge < -0.3 is 4.74 Å². The third-order valence-corrected chi connectivity index (χ3v) is 5.42. The Morgan fingerprint density at radius 3 is 2.29 bits per heavy atom. The van der Waals surface area contributed by atoms with Crippen molar-refractivity contribution in [3.8, 4) is 5.75 Å². The molecule has 0 saturated carbocycles. The molecular formula is C23H18Cl2F3NO2. The summed E-state index contributed by atoms with van der Waals surface area (Å²) in [6.07, 6.45) is -4.50. The van der Waals surface area contributed by atoms with Crippen LogP contribution in [0.15, 0.2) is 66.7 Å². The van der Waals surface area contributed by atoms with Crippen molar-refractivity contribution in [1.82, 2.24) is 0 Å². The van der Waals surface area contributed by atoms with Gasteiger partial charge in [0, 0.05) is 11.6 Å². The lowest BCUT2D eigenvalue weighted by atomic mass is 9.88. The van der Waals surface area contributed by atoms with Gasteiger partial charge in [-0.25, -0.2) is 4.79 Å². The van der Waals surface area contributed by atoms with Crippen LogP contribution < -0.4 is 10.1 Å². The number of hydrogen-bond donors (Lipinski definition) is 1. The van der Waals surface area contributed by atoms with Crippen LogP contribution in [0.5, 0.6) is 5.75 Å². The summed E-state index contributed by atoms with van der Waals surface area (Å²) in [6, 6.07) is 16.6. The molecule has 0 aliphatic rings. The first kappa shape index (κ1) is 23.0. The van der Waals surface area contributed by atoms with Gasteiger partial charge >= 0.3 is 12.3 Å². The van der Waals surface area contributed by atoms with Gasteiger partial charge in [0.15, 0.2) is 0 Å². The van der Waals surface area contributed by atoms with Gasteiger partial charge in [-0.2, -0.15) is 13.2 Å². The van der Waals surface area contributed by atoms with Crippen LogP contribution in [-0.2, 0) is 6.18 Å². The maximum atomic E-state index is 13.0. The van der Waals surface area contributed by atoms with Crippen LogP contribution in [0.3, 0.4) is 0 Å². The molecule has 0 radical (unpaired) electrons. The van der Waals surface area contributed by atoms with E-state index in [9.17, 15) is 18.0 Å². The Kier molecular flexibility index (Phi) is 7.13. The summed E-state index contributed by atoms with van der Waals surface area (Å²) in [6.45, 7) is 1.90. The fourth-order valence-corrected chi connectivity index (χ4v) is 3.49. The first-order chi connectivity index (χ1) is 14.7. The van der Waals surface area contributed by atoms with Crippen molar-refractivity contribution in [2.45, 2.75) is 25.4 Å². The van der Waals surface area contributed by atoms with Crippen molar-refractivity contribution < 1.29 is 22.7 Å². The molecule has 1 unspecified atom stereocenters. The molecule has 1 amide bonds. The number of benzene rings is 3. The minimum absolute atomic E-state index is 0.221. The molecule has 0 bridgehead atoms. The number of nitrogens with one attached hydrogen (secondary N) is 1. The molecule has 3 nitrogen and oxygen atoms in total. The standard InChI is InChI=1S/C23H18Cl2F3NO2/c1-2-19(15-4-3-5-16(12-15)23(26,27)28)14-6-9-18(10-7-14)31-22(30)29-17-8-11-20(24)21(25)13-17/h3-13,19H,2H2,1H3,(H,29,30). The first-order valence-electron chi connectivity index (χ1n) is 9.38. The largest absolute Gasteiger partial charge is 0.417 e. The highest BCUT2D eigenvalue weighted by molar-refractivity contribution is 6.42. The predicted octanol–water partition coefficient (Wildman–Crippen LogP) is 8.17. The van der Waals surface area contributed by atoms with E-state index in [0.717, 1.165) is 11.6 Å². The average molecular weight is 468 g/mol. The maximum Gasteiger partial charge on any atom is 0.417 e. The van der Waals surface area contributed by atoms with Crippen LogP contribution in [0, 0.1) is 0 Å². The average Bonchev–Trinajstić information content (AvgIpc) is 2.72. The van der Waals surface area contributed by atoms with Crippen molar-refractivity contribution in [2.24, 2.45) is 0 Å². The highest BCUT2D eigenvalue weighted by Gasteiger charge is 2.31. The second kappa shape index (κ2) is 9.62. The highest BCUT2D eigenvalue weighted by atomic mass is 35.5. The maximum absolute atomic E-state index is 13.0. The number of rotatable bonds is 5. The quantitative estimate of drug-likeness (QED) is 0.410. The summed E-state index contributed by atoms with van der Waals surface area (Å²) in [5.74, 6) is 0.0709. The molecule has 3 aromatic rings. The van der Waals surface area contributed by atoms with E-state index in [1.807, 2.05) is 6.92 Å². The molecule has 3 aromatic carbocycles. The molecule has 1 atom stereocenters. The van der Waals surface area contributed by atoms with Crippen molar-refractivity contribution in [3.05, 3.63) is 93.5 Å². The fraction of sp³-hybridized carbons (Fsp3) is 0.174. The summed E-state index contributed by atoms with van der Waals surface area (Å²) in [7, 11) is 0. The van der Waals surface area contributed by atoms with E-state index < -0.39 is 17.8 Å². The summed E-state index contributed by atoms with van der Waals surface area (Å²) >= 11 is 11.8. The van der Waals surface area contributed by atoms with Gasteiger partial charge in [-0.05, 0) is 53.9 Å². The van der Waals surface area contributed by atoms with Crippen molar-refractivity contribution >= 4 is 35.0 Å². The molecule has 0 heterocycles. The van der Waals surface area contributed by atoms with Crippen LogP contribution in [0.2, 0.25) is 10.0 Å². The Hall–Kier alpha value is -2.70. The molecule has 162 valence electrons. The highest BCUT2D eigenvalue weighted by Crippen LogP contribution is 2.34. The van der Waals surface area contributed by atoms with E-state index in [4.69, 9.17) is 27.9 Å². The zero-order valence-corrected chi connectivity index (χ0v) is 17.9. The number of alkyl halides is 3. The van der Waals surface area contributed by atoms with E-state index in [1.165, 1.54) is 18.2 Å². The monoisotopic (exact) mass is 467 g/mol. The third-order valence-electron chi connectivity index (χ3n) is 4.68. The smallest absolute Gasteiger partial charge is 0.410 e. The van der Waals surface area contributed by atoms with Crippen LogP contribution in [0.25, 0.3) is 0 Å². The van der Waals surface area contributed by atoms with Crippen molar-refractivity contribution in [3.63, 3.8) is 0 Å². The molecule has 8 heteroatoms. The molecule has 31 heavy (non-hydrogen) atoms. The van der Waals surface area contributed by atoms with Gasteiger partial charge in [0.05, 0.1) is 15.6 Å². The Balaban J connectivity index is 1.71.